The monoisotopic (exact) mass is 325 g/mol. The van der Waals surface area contributed by atoms with Crippen molar-refractivity contribution in [3.63, 3.8) is 0 Å². The molecule has 0 bridgehead atoms. The Kier molecular flexibility index (Phi) is 8.17. The lowest BCUT2D eigenvalue weighted by molar-refractivity contribution is 0.145. The van der Waals surface area contributed by atoms with Crippen LogP contribution in [-0.2, 0) is 0 Å². The number of piperidine rings is 1. The number of aliphatic hydroxyl groups is 1. The van der Waals surface area contributed by atoms with Crippen LogP contribution in [0.15, 0.2) is 0 Å². The first kappa shape index (κ1) is 18.5. The van der Waals surface area contributed by atoms with Gasteiger partial charge < -0.3 is 20.6 Å². The van der Waals surface area contributed by atoms with Gasteiger partial charge in [0.05, 0.1) is 0 Å². The molecule has 0 spiro atoms. The maximum atomic E-state index is 12.1. The minimum atomic E-state index is -0.0386. The van der Waals surface area contributed by atoms with Crippen LogP contribution in [0.25, 0.3) is 0 Å². The number of nitrogens with zero attached hydrogens (tertiary/aromatic N) is 1. The fourth-order valence-corrected chi connectivity index (χ4v) is 4.09. The second-order valence-corrected chi connectivity index (χ2v) is 7.27. The Bertz CT molecular complexity index is 331. The molecule has 1 heterocycles. The van der Waals surface area contributed by atoms with Gasteiger partial charge in [0.2, 0.25) is 0 Å². The second-order valence-electron chi connectivity index (χ2n) is 7.27. The number of rotatable bonds is 8. The normalized spacial score (nSPS) is 22.2. The van der Waals surface area contributed by atoms with Gasteiger partial charge in [0.15, 0.2) is 0 Å². The highest BCUT2D eigenvalue weighted by atomic mass is 16.3. The topological polar surface area (TPSA) is 64.6 Å². The SMILES string of the molecule is CCCC(CCO)CNC(=O)NC1CCN(C2CCCC2)CC1. The van der Waals surface area contributed by atoms with E-state index < -0.39 is 0 Å². The van der Waals surface area contributed by atoms with Crippen LogP contribution in [0.5, 0.6) is 0 Å². The predicted octanol–water partition coefficient (Wildman–Crippen LogP) is 2.49. The van der Waals surface area contributed by atoms with Gasteiger partial charge in [-0.2, -0.15) is 0 Å². The van der Waals surface area contributed by atoms with Crippen LogP contribution in [0.4, 0.5) is 4.79 Å². The molecule has 1 unspecified atom stereocenters. The first-order valence-corrected chi connectivity index (χ1v) is 9.62. The van der Waals surface area contributed by atoms with E-state index in [9.17, 15) is 4.79 Å². The third-order valence-corrected chi connectivity index (χ3v) is 5.49. The third kappa shape index (κ3) is 6.30. The number of hydrogen-bond donors (Lipinski definition) is 3. The van der Waals surface area contributed by atoms with Crippen molar-refractivity contribution in [2.75, 3.05) is 26.2 Å². The molecule has 23 heavy (non-hydrogen) atoms. The summed E-state index contributed by atoms with van der Waals surface area (Å²) in [6.07, 6.45) is 10.6. The number of amides is 2. The van der Waals surface area contributed by atoms with E-state index >= 15 is 0 Å². The molecular weight excluding hydrogens is 290 g/mol. The molecule has 2 aliphatic rings. The standard InChI is InChI=1S/C18H35N3O2/c1-2-5-15(10-13-22)14-19-18(23)20-16-8-11-21(12-9-16)17-6-3-4-7-17/h15-17,22H,2-14H2,1H3,(H2,19,20,23). The second kappa shape index (κ2) is 10.1. The zero-order valence-corrected chi connectivity index (χ0v) is 14.7. The van der Waals surface area contributed by atoms with E-state index in [0.717, 1.165) is 51.2 Å². The van der Waals surface area contributed by atoms with Gasteiger partial charge in [-0.15, -0.1) is 0 Å². The van der Waals surface area contributed by atoms with Crippen LogP contribution in [-0.4, -0.2) is 54.4 Å². The van der Waals surface area contributed by atoms with Crippen molar-refractivity contribution in [1.29, 1.82) is 0 Å². The third-order valence-electron chi connectivity index (χ3n) is 5.49. The summed E-state index contributed by atoms with van der Waals surface area (Å²) in [5, 5.41) is 15.2. The first-order valence-electron chi connectivity index (χ1n) is 9.62. The maximum Gasteiger partial charge on any atom is 0.315 e. The molecule has 2 amide bonds. The van der Waals surface area contributed by atoms with E-state index in [1.54, 1.807) is 0 Å². The number of hydrogen-bond acceptors (Lipinski definition) is 3. The highest BCUT2D eigenvalue weighted by Crippen LogP contribution is 2.26. The largest absolute Gasteiger partial charge is 0.396 e. The van der Waals surface area contributed by atoms with Crippen molar-refractivity contribution in [2.24, 2.45) is 5.92 Å². The molecule has 0 radical (unpaired) electrons. The molecule has 0 aromatic heterocycles. The van der Waals surface area contributed by atoms with Gasteiger partial charge in [0.25, 0.3) is 0 Å². The van der Waals surface area contributed by atoms with Crippen molar-refractivity contribution in [2.45, 2.75) is 76.8 Å². The maximum absolute atomic E-state index is 12.1. The van der Waals surface area contributed by atoms with Crippen molar-refractivity contribution in [3.8, 4) is 0 Å². The Morgan fingerprint density at radius 1 is 1.17 bits per heavy atom. The van der Waals surface area contributed by atoms with Gasteiger partial charge in [-0.1, -0.05) is 26.2 Å². The molecule has 3 N–H and O–H groups in total. The van der Waals surface area contributed by atoms with Gasteiger partial charge >= 0.3 is 6.03 Å². The quantitative estimate of drug-likeness (QED) is 0.642. The Morgan fingerprint density at radius 3 is 2.48 bits per heavy atom. The fourth-order valence-electron chi connectivity index (χ4n) is 4.09. The Balaban J connectivity index is 1.62. The van der Waals surface area contributed by atoms with E-state index in [4.69, 9.17) is 5.11 Å². The van der Waals surface area contributed by atoms with E-state index in [1.807, 2.05) is 0 Å². The summed E-state index contributed by atoms with van der Waals surface area (Å²) in [4.78, 5) is 14.7. The fraction of sp³-hybridized carbons (Fsp3) is 0.944. The molecule has 5 nitrogen and oxygen atoms in total. The minimum absolute atomic E-state index is 0.0386. The Labute approximate surface area is 141 Å². The molecule has 1 aliphatic heterocycles. The number of urea groups is 1. The van der Waals surface area contributed by atoms with Crippen LogP contribution in [0.1, 0.15) is 64.7 Å². The molecule has 2 rings (SSSR count). The number of aliphatic hydroxyl groups excluding tert-OH is 1. The number of carbonyl (C=O) groups is 1. The van der Waals surface area contributed by atoms with E-state index in [1.165, 1.54) is 25.7 Å². The highest BCUT2D eigenvalue weighted by Gasteiger charge is 2.27. The van der Waals surface area contributed by atoms with Gasteiger partial charge in [-0.05, 0) is 44.4 Å². The molecule has 1 aliphatic carbocycles. The predicted molar refractivity (Wildman–Crippen MR) is 93.5 cm³/mol. The highest BCUT2D eigenvalue weighted by molar-refractivity contribution is 5.74. The van der Waals surface area contributed by atoms with E-state index in [-0.39, 0.29) is 12.6 Å². The van der Waals surface area contributed by atoms with Gasteiger partial charge in [0.1, 0.15) is 0 Å². The van der Waals surface area contributed by atoms with Crippen molar-refractivity contribution in [3.05, 3.63) is 0 Å². The van der Waals surface area contributed by atoms with Crippen molar-refractivity contribution >= 4 is 6.03 Å². The average molecular weight is 325 g/mol. The summed E-state index contributed by atoms with van der Waals surface area (Å²) >= 11 is 0. The van der Waals surface area contributed by atoms with Crippen LogP contribution in [0.3, 0.4) is 0 Å². The minimum Gasteiger partial charge on any atom is -0.396 e. The molecule has 1 saturated heterocycles. The summed E-state index contributed by atoms with van der Waals surface area (Å²) in [7, 11) is 0. The van der Waals surface area contributed by atoms with E-state index in [0.29, 0.717) is 18.5 Å². The summed E-state index contributed by atoms with van der Waals surface area (Å²) in [6, 6.07) is 1.08. The zero-order valence-electron chi connectivity index (χ0n) is 14.7. The van der Waals surface area contributed by atoms with Crippen LogP contribution < -0.4 is 10.6 Å². The summed E-state index contributed by atoms with van der Waals surface area (Å²) in [6.45, 7) is 5.26. The lowest BCUT2D eigenvalue weighted by atomic mass is 10.0. The summed E-state index contributed by atoms with van der Waals surface area (Å²) < 4.78 is 0. The zero-order chi connectivity index (χ0) is 16.5. The summed E-state index contributed by atoms with van der Waals surface area (Å²) in [5.74, 6) is 0.389. The van der Waals surface area contributed by atoms with Crippen molar-refractivity contribution in [1.82, 2.24) is 15.5 Å². The lowest BCUT2D eigenvalue weighted by Gasteiger charge is -2.36. The lowest BCUT2D eigenvalue weighted by Crippen LogP contribution is -2.50. The first-order chi connectivity index (χ1) is 11.2. The summed E-state index contributed by atoms with van der Waals surface area (Å²) in [5.41, 5.74) is 0. The molecule has 5 heteroatoms. The number of carbonyl (C=O) groups excluding carboxylic acids is 1. The molecule has 1 atom stereocenters. The smallest absolute Gasteiger partial charge is 0.315 e. The van der Waals surface area contributed by atoms with Crippen molar-refractivity contribution < 1.29 is 9.90 Å². The van der Waals surface area contributed by atoms with E-state index in [2.05, 4.69) is 22.5 Å². The average Bonchev–Trinajstić information content (AvgIpc) is 3.08. The number of nitrogens with one attached hydrogen (secondary N) is 2. The molecule has 134 valence electrons. The molecular formula is C18H35N3O2. The van der Waals surface area contributed by atoms with Crippen LogP contribution in [0.2, 0.25) is 0 Å². The Morgan fingerprint density at radius 2 is 1.87 bits per heavy atom. The van der Waals surface area contributed by atoms with Gasteiger partial charge in [-0.25, -0.2) is 4.79 Å². The molecule has 0 aromatic rings. The van der Waals surface area contributed by atoms with Gasteiger partial charge in [-0.3, -0.25) is 0 Å². The Hall–Kier alpha value is -0.810. The van der Waals surface area contributed by atoms with Crippen LogP contribution in [0, 0.1) is 5.92 Å². The molecule has 1 saturated carbocycles. The molecule has 2 fully saturated rings. The molecule has 0 aromatic carbocycles. The van der Waals surface area contributed by atoms with Gasteiger partial charge in [0, 0.05) is 38.3 Å². The van der Waals surface area contributed by atoms with Crippen LogP contribution >= 0.6 is 0 Å². The number of likely N-dealkylation sites (tertiary alicyclic amines) is 1.